The van der Waals surface area contributed by atoms with Crippen LogP contribution in [0.2, 0.25) is 0 Å². The minimum atomic E-state index is -0.115. The Morgan fingerprint density at radius 1 is 1.18 bits per heavy atom. The van der Waals surface area contributed by atoms with Crippen LogP contribution in [-0.4, -0.2) is 27.0 Å². The number of nitrogens with zero attached hydrogens (tertiary/aromatic N) is 3. The summed E-state index contributed by atoms with van der Waals surface area (Å²) in [4.78, 5) is 33.6. The molecule has 0 atom stereocenters. The summed E-state index contributed by atoms with van der Waals surface area (Å²) in [6, 6.07) is 13.6. The van der Waals surface area contributed by atoms with Crippen LogP contribution < -0.4 is 10.9 Å². The van der Waals surface area contributed by atoms with Gasteiger partial charge in [0.05, 0.1) is 32.5 Å². The van der Waals surface area contributed by atoms with Gasteiger partial charge in [-0.1, -0.05) is 24.3 Å². The number of carbonyl (C=O) groups is 1. The van der Waals surface area contributed by atoms with Crippen molar-refractivity contribution >= 4 is 38.4 Å². The molecule has 0 saturated heterocycles. The molecule has 6 nitrogen and oxygen atoms in total. The fourth-order valence-electron chi connectivity index (χ4n) is 3.14. The van der Waals surface area contributed by atoms with Gasteiger partial charge in [0, 0.05) is 25.9 Å². The monoisotopic (exact) mass is 392 g/mol. The number of para-hydroxylation sites is 2. The standard InChI is InChI=1S/C21H20N4O2S/c1-14-5-4-6-15-20(14)23-13-25(21(15)27)12-10-18(26)22-11-9-19-24-16-7-2-3-8-17(16)28-19/h2-8,13H,9-12H2,1H3,(H,22,26). The molecule has 2 aromatic carbocycles. The molecule has 0 fully saturated rings. The molecular formula is C21H20N4O2S. The largest absolute Gasteiger partial charge is 0.356 e. The average Bonchev–Trinajstić information content (AvgIpc) is 3.11. The van der Waals surface area contributed by atoms with Crippen LogP contribution in [0, 0.1) is 6.92 Å². The second kappa shape index (κ2) is 7.90. The van der Waals surface area contributed by atoms with Crippen LogP contribution in [0.5, 0.6) is 0 Å². The van der Waals surface area contributed by atoms with Crippen molar-refractivity contribution in [1.29, 1.82) is 0 Å². The van der Waals surface area contributed by atoms with Gasteiger partial charge < -0.3 is 5.32 Å². The van der Waals surface area contributed by atoms with Gasteiger partial charge in [-0.25, -0.2) is 9.97 Å². The summed E-state index contributed by atoms with van der Waals surface area (Å²) in [5.74, 6) is -0.0858. The normalized spacial score (nSPS) is 11.2. The van der Waals surface area contributed by atoms with Gasteiger partial charge in [-0.05, 0) is 30.7 Å². The molecular weight excluding hydrogens is 372 g/mol. The van der Waals surface area contributed by atoms with Gasteiger partial charge in [-0.2, -0.15) is 0 Å². The lowest BCUT2D eigenvalue weighted by molar-refractivity contribution is -0.121. The second-order valence-corrected chi connectivity index (χ2v) is 7.75. The molecule has 142 valence electrons. The molecule has 28 heavy (non-hydrogen) atoms. The Morgan fingerprint density at radius 2 is 2.04 bits per heavy atom. The first kappa shape index (κ1) is 18.3. The number of hydrogen-bond donors (Lipinski definition) is 1. The number of hydrogen-bond acceptors (Lipinski definition) is 5. The minimum Gasteiger partial charge on any atom is -0.356 e. The van der Waals surface area contributed by atoms with Crippen LogP contribution in [0.1, 0.15) is 17.0 Å². The SMILES string of the molecule is Cc1cccc2c(=O)n(CCC(=O)NCCc3nc4ccccc4s3)cnc12. The number of carbonyl (C=O) groups excluding carboxylic acids is 1. The Hall–Kier alpha value is -3.06. The van der Waals surface area contributed by atoms with Crippen molar-refractivity contribution in [2.24, 2.45) is 0 Å². The van der Waals surface area contributed by atoms with Gasteiger partial charge in [0.25, 0.3) is 5.56 Å². The van der Waals surface area contributed by atoms with E-state index < -0.39 is 0 Å². The predicted molar refractivity (Wildman–Crippen MR) is 112 cm³/mol. The van der Waals surface area contributed by atoms with E-state index in [1.807, 2.05) is 43.3 Å². The third-order valence-corrected chi connectivity index (χ3v) is 5.73. The maximum absolute atomic E-state index is 12.6. The number of amides is 1. The maximum atomic E-state index is 12.6. The second-order valence-electron chi connectivity index (χ2n) is 6.64. The molecule has 2 heterocycles. The average molecular weight is 392 g/mol. The zero-order chi connectivity index (χ0) is 19.5. The van der Waals surface area contributed by atoms with Gasteiger partial charge in [-0.3, -0.25) is 14.2 Å². The van der Waals surface area contributed by atoms with Gasteiger partial charge in [0.1, 0.15) is 0 Å². The fraction of sp³-hybridized carbons (Fsp3) is 0.238. The van der Waals surface area contributed by atoms with E-state index in [1.54, 1.807) is 17.4 Å². The van der Waals surface area contributed by atoms with Gasteiger partial charge in [-0.15, -0.1) is 11.3 Å². The van der Waals surface area contributed by atoms with Crippen molar-refractivity contribution in [1.82, 2.24) is 19.9 Å². The quantitative estimate of drug-likeness (QED) is 0.547. The number of aryl methyl sites for hydroxylation is 2. The minimum absolute atomic E-state index is 0.0858. The van der Waals surface area contributed by atoms with Gasteiger partial charge in [0.2, 0.25) is 5.91 Å². The first-order valence-corrected chi connectivity index (χ1v) is 9.99. The van der Waals surface area contributed by atoms with E-state index in [-0.39, 0.29) is 17.9 Å². The molecule has 1 N–H and O–H groups in total. The summed E-state index contributed by atoms with van der Waals surface area (Å²) < 4.78 is 2.65. The molecule has 0 aliphatic heterocycles. The highest BCUT2D eigenvalue weighted by Gasteiger charge is 2.08. The molecule has 4 rings (SSSR count). The molecule has 0 bridgehead atoms. The first-order valence-electron chi connectivity index (χ1n) is 9.18. The Balaban J connectivity index is 1.32. The molecule has 2 aromatic heterocycles. The lowest BCUT2D eigenvalue weighted by Crippen LogP contribution is -2.29. The summed E-state index contributed by atoms with van der Waals surface area (Å²) in [5.41, 5.74) is 2.56. The third-order valence-electron chi connectivity index (χ3n) is 4.63. The third kappa shape index (κ3) is 3.80. The Bertz CT molecular complexity index is 1180. The lowest BCUT2D eigenvalue weighted by Gasteiger charge is -2.08. The lowest BCUT2D eigenvalue weighted by atomic mass is 10.1. The summed E-state index contributed by atoms with van der Waals surface area (Å²) in [6.07, 6.45) is 2.45. The van der Waals surface area contributed by atoms with Crippen molar-refractivity contribution in [3.05, 3.63) is 69.7 Å². The highest BCUT2D eigenvalue weighted by Crippen LogP contribution is 2.21. The zero-order valence-electron chi connectivity index (χ0n) is 15.5. The summed E-state index contributed by atoms with van der Waals surface area (Å²) in [6.45, 7) is 2.77. The van der Waals surface area contributed by atoms with E-state index in [9.17, 15) is 9.59 Å². The van der Waals surface area contributed by atoms with Crippen molar-refractivity contribution < 1.29 is 4.79 Å². The van der Waals surface area contributed by atoms with Crippen LogP contribution in [-0.2, 0) is 17.8 Å². The van der Waals surface area contributed by atoms with E-state index >= 15 is 0 Å². The number of aromatic nitrogens is 3. The number of rotatable bonds is 6. The van der Waals surface area contributed by atoms with Crippen LogP contribution in [0.15, 0.2) is 53.6 Å². The van der Waals surface area contributed by atoms with E-state index in [1.165, 1.54) is 10.9 Å². The van der Waals surface area contributed by atoms with Crippen molar-refractivity contribution in [2.45, 2.75) is 26.3 Å². The highest BCUT2D eigenvalue weighted by atomic mass is 32.1. The zero-order valence-corrected chi connectivity index (χ0v) is 16.3. The number of nitrogens with one attached hydrogen (secondary N) is 1. The molecule has 0 saturated carbocycles. The van der Waals surface area contributed by atoms with E-state index in [0.29, 0.717) is 30.4 Å². The summed E-state index contributed by atoms with van der Waals surface area (Å²) >= 11 is 1.65. The number of thiazole rings is 1. The van der Waals surface area contributed by atoms with Crippen LogP contribution in [0.3, 0.4) is 0 Å². The summed E-state index contributed by atoms with van der Waals surface area (Å²) in [7, 11) is 0. The first-order chi connectivity index (χ1) is 13.6. The van der Waals surface area contributed by atoms with Gasteiger partial charge >= 0.3 is 0 Å². The summed E-state index contributed by atoms with van der Waals surface area (Å²) in [5, 5.41) is 4.49. The molecule has 4 aromatic rings. The molecule has 0 aliphatic rings. The van der Waals surface area contributed by atoms with Crippen molar-refractivity contribution in [2.75, 3.05) is 6.54 Å². The predicted octanol–water partition coefficient (Wildman–Crippen LogP) is 3.06. The number of benzene rings is 2. The van der Waals surface area contributed by atoms with Crippen LogP contribution in [0.25, 0.3) is 21.1 Å². The molecule has 0 aliphatic carbocycles. The van der Waals surface area contributed by atoms with E-state index in [4.69, 9.17) is 0 Å². The molecule has 0 spiro atoms. The van der Waals surface area contributed by atoms with E-state index in [0.717, 1.165) is 20.8 Å². The molecule has 0 unspecified atom stereocenters. The van der Waals surface area contributed by atoms with Crippen LogP contribution >= 0.6 is 11.3 Å². The molecule has 0 radical (unpaired) electrons. The van der Waals surface area contributed by atoms with E-state index in [2.05, 4.69) is 15.3 Å². The van der Waals surface area contributed by atoms with Crippen LogP contribution in [0.4, 0.5) is 0 Å². The Labute approximate surface area is 165 Å². The topological polar surface area (TPSA) is 76.9 Å². The highest BCUT2D eigenvalue weighted by molar-refractivity contribution is 7.18. The number of fused-ring (bicyclic) bond motifs is 2. The molecule has 1 amide bonds. The van der Waals surface area contributed by atoms with Crippen molar-refractivity contribution in [3.8, 4) is 0 Å². The Kier molecular flexibility index (Phi) is 5.16. The van der Waals surface area contributed by atoms with Gasteiger partial charge in [0.15, 0.2) is 0 Å². The van der Waals surface area contributed by atoms with Crippen molar-refractivity contribution in [3.63, 3.8) is 0 Å². The fourth-order valence-corrected chi connectivity index (χ4v) is 4.11. The molecule has 7 heteroatoms. The maximum Gasteiger partial charge on any atom is 0.261 e. The smallest absolute Gasteiger partial charge is 0.261 e. The Morgan fingerprint density at radius 3 is 2.89 bits per heavy atom.